The van der Waals surface area contributed by atoms with Crippen LogP contribution in [-0.2, 0) is 0 Å². The Labute approximate surface area is 206 Å². The highest BCUT2D eigenvalue weighted by Gasteiger charge is 2.15. The first kappa shape index (κ1) is 23.3. The van der Waals surface area contributed by atoms with Crippen LogP contribution in [0.2, 0.25) is 10.0 Å². The van der Waals surface area contributed by atoms with Crippen LogP contribution in [0.4, 0.5) is 16.5 Å². The van der Waals surface area contributed by atoms with Crippen LogP contribution in [-0.4, -0.2) is 26.9 Å². The fourth-order valence-electron chi connectivity index (χ4n) is 2.90. The van der Waals surface area contributed by atoms with Gasteiger partial charge in [-0.15, -0.1) is 10.2 Å². The average molecular weight is 514 g/mol. The summed E-state index contributed by atoms with van der Waals surface area (Å²) in [5, 5.41) is 25.5. The molecule has 12 heteroatoms. The van der Waals surface area contributed by atoms with Crippen molar-refractivity contribution in [1.29, 1.82) is 0 Å². The summed E-state index contributed by atoms with van der Waals surface area (Å²) < 4.78 is 0. The van der Waals surface area contributed by atoms with Crippen molar-refractivity contribution in [1.82, 2.24) is 10.2 Å². The third-order valence-electron chi connectivity index (χ3n) is 4.53. The van der Waals surface area contributed by atoms with Gasteiger partial charge in [-0.05, 0) is 48.5 Å². The molecule has 170 valence electrons. The van der Waals surface area contributed by atoms with Gasteiger partial charge in [0.2, 0.25) is 5.13 Å². The Kier molecular flexibility index (Phi) is 6.82. The van der Waals surface area contributed by atoms with E-state index in [1.165, 1.54) is 30.3 Å². The maximum atomic E-state index is 12.7. The number of carbonyl (C=O) groups is 2. The monoisotopic (exact) mass is 513 g/mol. The Bertz CT molecular complexity index is 1410. The quantitative estimate of drug-likeness (QED) is 0.243. The van der Waals surface area contributed by atoms with E-state index in [-0.39, 0.29) is 27.0 Å². The van der Waals surface area contributed by atoms with Gasteiger partial charge in [-0.1, -0.05) is 40.6 Å². The van der Waals surface area contributed by atoms with Crippen LogP contribution in [0.15, 0.2) is 66.7 Å². The zero-order chi connectivity index (χ0) is 24.2. The van der Waals surface area contributed by atoms with E-state index in [0.29, 0.717) is 21.3 Å². The Morgan fingerprint density at radius 3 is 2.38 bits per heavy atom. The van der Waals surface area contributed by atoms with Crippen molar-refractivity contribution in [3.63, 3.8) is 0 Å². The molecule has 0 unspecified atom stereocenters. The molecule has 34 heavy (non-hydrogen) atoms. The summed E-state index contributed by atoms with van der Waals surface area (Å²) in [5.74, 6) is -0.900. The van der Waals surface area contributed by atoms with Crippen molar-refractivity contribution >= 4 is 62.9 Å². The highest BCUT2D eigenvalue weighted by Crippen LogP contribution is 2.28. The topological polar surface area (TPSA) is 127 Å². The van der Waals surface area contributed by atoms with Crippen molar-refractivity contribution in [2.24, 2.45) is 0 Å². The number of non-ortho nitro benzene ring substituents is 1. The minimum atomic E-state index is -0.490. The number of nitrogens with zero attached hydrogens (tertiary/aromatic N) is 3. The molecule has 0 aliphatic rings. The van der Waals surface area contributed by atoms with E-state index in [1.807, 2.05) is 0 Å². The minimum absolute atomic E-state index is 0.0351. The molecule has 0 aliphatic carbocycles. The summed E-state index contributed by atoms with van der Waals surface area (Å²) in [5.41, 5.74) is 1.52. The van der Waals surface area contributed by atoms with E-state index in [2.05, 4.69) is 20.8 Å². The number of benzene rings is 3. The Hall–Kier alpha value is -3.86. The van der Waals surface area contributed by atoms with Crippen LogP contribution in [0.25, 0.3) is 10.6 Å². The molecule has 0 bridgehead atoms. The molecule has 4 aromatic rings. The van der Waals surface area contributed by atoms with Gasteiger partial charge in [0.1, 0.15) is 5.01 Å². The van der Waals surface area contributed by atoms with Gasteiger partial charge in [0.05, 0.1) is 15.5 Å². The molecule has 1 heterocycles. The molecule has 0 fully saturated rings. The minimum Gasteiger partial charge on any atom is -0.322 e. The first-order valence-electron chi connectivity index (χ1n) is 9.56. The molecule has 0 aliphatic heterocycles. The van der Waals surface area contributed by atoms with Gasteiger partial charge >= 0.3 is 0 Å². The Balaban J connectivity index is 1.44. The smallest absolute Gasteiger partial charge is 0.269 e. The first-order chi connectivity index (χ1) is 16.3. The summed E-state index contributed by atoms with van der Waals surface area (Å²) in [6.07, 6.45) is 0. The third kappa shape index (κ3) is 5.37. The van der Waals surface area contributed by atoms with Crippen LogP contribution in [0.5, 0.6) is 0 Å². The molecule has 1 aromatic heterocycles. The maximum absolute atomic E-state index is 12.7. The molecule has 0 radical (unpaired) electrons. The van der Waals surface area contributed by atoms with Crippen LogP contribution in [0.1, 0.15) is 20.7 Å². The van der Waals surface area contributed by atoms with Crippen molar-refractivity contribution < 1.29 is 14.5 Å². The average Bonchev–Trinajstić information content (AvgIpc) is 3.27. The molecule has 9 nitrogen and oxygen atoms in total. The zero-order valence-corrected chi connectivity index (χ0v) is 19.3. The lowest BCUT2D eigenvalue weighted by molar-refractivity contribution is -0.384. The van der Waals surface area contributed by atoms with Crippen molar-refractivity contribution in [2.45, 2.75) is 0 Å². The highest BCUT2D eigenvalue weighted by molar-refractivity contribution is 7.18. The second kappa shape index (κ2) is 9.96. The third-order valence-corrected chi connectivity index (χ3v) is 5.96. The highest BCUT2D eigenvalue weighted by atomic mass is 35.5. The standard InChI is InChI=1S/C22H13Cl2N5O4S/c23-14-6-9-17(18(24)11-14)20(31)25-15-3-1-2-13(10-15)19(30)26-22-28-27-21(34-22)12-4-7-16(8-5-12)29(32)33/h1-11H,(H,25,31)(H,26,28,30). The number of anilines is 2. The van der Waals surface area contributed by atoms with E-state index in [9.17, 15) is 19.7 Å². The molecule has 0 saturated heterocycles. The summed E-state index contributed by atoms with van der Waals surface area (Å²) in [6, 6.07) is 16.7. The Morgan fingerprint density at radius 1 is 0.912 bits per heavy atom. The molecule has 2 amide bonds. The first-order valence-corrected chi connectivity index (χ1v) is 11.1. The van der Waals surface area contributed by atoms with Crippen molar-refractivity contribution in [2.75, 3.05) is 10.6 Å². The molecule has 4 rings (SSSR count). The van der Waals surface area contributed by atoms with Crippen LogP contribution in [0.3, 0.4) is 0 Å². The van der Waals surface area contributed by atoms with Crippen LogP contribution < -0.4 is 10.6 Å². The van der Waals surface area contributed by atoms with Crippen LogP contribution in [0, 0.1) is 10.1 Å². The van der Waals surface area contributed by atoms with Crippen molar-refractivity contribution in [3.8, 4) is 10.6 Å². The molecule has 3 aromatic carbocycles. The predicted octanol–water partition coefficient (Wildman–Crippen LogP) is 5.92. The van der Waals surface area contributed by atoms with Crippen LogP contribution >= 0.6 is 34.5 Å². The molecule has 0 saturated carbocycles. The number of nitro groups is 1. The lowest BCUT2D eigenvalue weighted by Crippen LogP contribution is -2.15. The number of hydrogen-bond acceptors (Lipinski definition) is 7. The van der Waals surface area contributed by atoms with E-state index in [1.54, 1.807) is 36.4 Å². The number of hydrogen-bond donors (Lipinski definition) is 2. The van der Waals surface area contributed by atoms with Gasteiger partial charge in [-0.2, -0.15) is 0 Å². The second-order valence-electron chi connectivity index (χ2n) is 6.83. The summed E-state index contributed by atoms with van der Waals surface area (Å²) in [6.45, 7) is 0. The molecular formula is C22H13Cl2N5O4S. The summed E-state index contributed by atoms with van der Waals surface area (Å²) in [7, 11) is 0. The molecule has 2 N–H and O–H groups in total. The van der Waals surface area contributed by atoms with Gasteiger partial charge in [-0.25, -0.2) is 0 Å². The molecule has 0 atom stereocenters. The van der Waals surface area contributed by atoms with E-state index >= 15 is 0 Å². The fraction of sp³-hybridized carbons (Fsp3) is 0. The van der Waals surface area contributed by atoms with Gasteiger partial charge in [0, 0.05) is 34.0 Å². The normalized spacial score (nSPS) is 10.5. The summed E-state index contributed by atoms with van der Waals surface area (Å²) >= 11 is 13.1. The molecule has 0 spiro atoms. The van der Waals surface area contributed by atoms with Gasteiger partial charge in [0.15, 0.2) is 0 Å². The predicted molar refractivity (Wildman–Crippen MR) is 131 cm³/mol. The largest absolute Gasteiger partial charge is 0.322 e. The lowest BCUT2D eigenvalue weighted by atomic mass is 10.1. The number of rotatable bonds is 6. The summed E-state index contributed by atoms with van der Waals surface area (Å²) in [4.78, 5) is 35.5. The number of amides is 2. The molecular weight excluding hydrogens is 501 g/mol. The maximum Gasteiger partial charge on any atom is 0.269 e. The van der Waals surface area contributed by atoms with E-state index < -0.39 is 16.7 Å². The van der Waals surface area contributed by atoms with Crippen molar-refractivity contribution in [3.05, 3.63) is 98.0 Å². The fourth-order valence-corrected chi connectivity index (χ4v) is 4.13. The number of carbonyl (C=O) groups excluding carboxylic acids is 2. The number of aromatic nitrogens is 2. The number of nitro benzene ring substituents is 1. The zero-order valence-electron chi connectivity index (χ0n) is 17.0. The van der Waals surface area contributed by atoms with Gasteiger partial charge in [0.25, 0.3) is 17.5 Å². The van der Waals surface area contributed by atoms with Gasteiger partial charge < -0.3 is 5.32 Å². The number of halogens is 2. The lowest BCUT2D eigenvalue weighted by Gasteiger charge is -2.08. The van der Waals surface area contributed by atoms with E-state index in [0.717, 1.165) is 11.3 Å². The second-order valence-corrected chi connectivity index (χ2v) is 8.65. The number of nitrogens with one attached hydrogen (secondary N) is 2. The Morgan fingerprint density at radius 2 is 1.68 bits per heavy atom. The van der Waals surface area contributed by atoms with Gasteiger partial charge in [-0.3, -0.25) is 25.0 Å². The van der Waals surface area contributed by atoms with E-state index in [4.69, 9.17) is 23.2 Å². The SMILES string of the molecule is O=C(Nc1nnc(-c2ccc([N+](=O)[O-])cc2)s1)c1cccc(NC(=O)c2ccc(Cl)cc2Cl)c1.